The van der Waals surface area contributed by atoms with Crippen molar-refractivity contribution in [3.05, 3.63) is 33.4 Å². The molecule has 14 nitrogen and oxygen atoms in total. The maximum Gasteiger partial charge on any atom is 0.513 e. The van der Waals surface area contributed by atoms with Gasteiger partial charge >= 0.3 is 42.0 Å². The number of hydrogen-bond acceptors (Lipinski definition) is 8. The molecule has 14 heteroatoms. The maximum atomic E-state index is 11.9. The number of ether oxygens (including phenoxy) is 1. The number of carbonyl (C=O) groups is 7. The zero-order valence-electron chi connectivity index (χ0n) is 12.4. The molecule has 1 rings (SSSR count). The Morgan fingerprint density at radius 1 is 0.444 bits per heavy atom. The van der Waals surface area contributed by atoms with Crippen LogP contribution in [-0.2, 0) is 4.74 Å². The molecule has 0 unspecified atom stereocenters. The lowest BCUT2D eigenvalue weighted by atomic mass is 9.86. The Labute approximate surface area is 145 Å². The number of carbonyl (C=O) groups excluding carboxylic acids is 1. The van der Waals surface area contributed by atoms with E-state index in [1.54, 1.807) is 0 Å². The maximum absolute atomic E-state index is 11.9. The van der Waals surface area contributed by atoms with Crippen LogP contribution in [0.25, 0.3) is 0 Å². The van der Waals surface area contributed by atoms with Crippen molar-refractivity contribution in [1.82, 2.24) is 0 Å². The summed E-state index contributed by atoms with van der Waals surface area (Å²) in [6.45, 7) is 0. The average Bonchev–Trinajstić information content (AvgIpc) is 2.50. The van der Waals surface area contributed by atoms with Crippen LogP contribution in [0.15, 0.2) is 0 Å². The summed E-state index contributed by atoms with van der Waals surface area (Å²) in [7, 11) is 0. The van der Waals surface area contributed by atoms with Crippen molar-refractivity contribution in [2.45, 2.75) is 0 Å². The molecule has 0 radical (unpaired) electrons. The van der Waals surface area contributed by atoms with E-state index in [1.807, 2.05) is 0 Å². The van der Waals surface area contributed by atoms with Gasteiger partial charge in [-0.15, -0.1) is 0 Å². The monoisotopic (exact) mass is 386 g/mol. The highest BCUT2D eigenvalue weighted by Gasteiger charge is 2.41. The van der Waals surface area contributed by atoms with Crippen LogP contribution < -0.4 is 0 Å². The van der Waals surface area contributed by atoms with Crippen molar-refractivity contribution in [3.63, 3.8) is 0 Å². The molecule has 0 aliphatic heterocycles. The number of rotatable bonds is 6. The fourth-order valence-electron chi connectivity index (χ4n) is 2.15. The Morgan fingerprint density at radius 3 is 0.852 bits per heavy atom. The molecule has 0 saturated heterocycles. The van der Waals surface area contributed by atoms with Crippen LogP contribution in [0.1, 0.15) is 62.1 Å². The van der Waals surface area contributed by atoms with Gasteiger partial charge < -0.3 is 35.4 Å². The Kier molecular flexibility index (Phi) is 5.46. The molecule has 0 heterocycles. The molecule has 0 atom stereocenters. The lowest BCUT2D eigenvalue weighted by Gasteiger charge is -2.16. The second-order valence-corrected chi connectivity index (χ2v) is 4.43. The van der Waals surface area contributed by atoms with Gasteiger partial charge in [0.25, 0.3) is 0 Å². The summed E-state index contributed by atoms with van der Waals surface area (Å²) in [6.07, 6.45) is -2.36. The smallest absolute Gasteiger partial charge is 0.478 e. The molecule has 0 fully saturated rings. The van der Waals surface area contributed by atoms with Gasteiger partial charge in [0.2, 0.25) is 0 Å². The molecular formula is C13H6O14. The van der Waals surface area contributed by atoms with Gasteiger partial charge in [0.1, 0.15) is 0 Å². The Bertz CT molecular complexity index is 884. The summed E-state index contributed by atoms with van der Waals surface area (Å²) in [5, 5.41) is 54.2. The first-order valence-corrected chi connectivity index (χ1v) is 6.18. The third kappa shape index (κ3) is 3.63. The van der Waals surface area contributed by atoms with E-state index in [-0.39, 0.29) is 0 Å². The largest absolute Gasteiger partial charge is 0.513 e. The molecule has 0 amide bonds. The Balaban J connectivity index is 4.44. The van der Waals surface area contributed by atoms with E-state index in [9.17, 15) is 33.6 Å². The molecule has 1 aromatic rings. The lowest BCUT2D eigenvalue weighted by molar-refractivity contribution is 0.0484. The van der Waals surface area contributed by atoms with Gasteiger partial charge in [0.05, 0.1) is 33.4 Å². The molecule has 0 saturated carbocycles. The Hall–Kier alpha value is -4.49. The summed E-state index contributed by atoms with van der Waals surface area (Å²) in [5.41, 5.74) is -10.6. The SMILES string of the molecule is O=C(O)OC(=O)c1c(C(=O)O)c(C(=O)O)c(C(=O)O)c(C(=O)O)c1C(=O)O. The first-order chi connectivity index (χ1) is 12.3. The number of carboxylic acids is 5. The van der Waals surface area contributed by atoms with Crippen molar-refractivity contribution < 1.29 is 68.9 Å². The predicted molar refractivity (Wildman–Crippen MR) is 74.7 cm³/mol. The molecule has 27 heavy (non-hydrogen) atoms. The Morgan fingerprint density at radius 2 is 0.667 bits per heavy atom. The van der Waals surface area contributed by atoms with Crippen LogP contribution >= 0.6 is 0 Å². The number of hydrogen-bond donors (Lipinski definition) is 6. The highest BCUT2D eigenvalue weighted by Crippen LogP contribution is 2.30. The van der Waals surface area contributed by atoms with Crippen molar-refractivity contribution in [3.8, 4) is 0 Å². The number of esters is 1. The number of aromatic carboxylic acids is 5. The molecule has 0 aliphatic carbocycles. The van der Waals surface area contributed by atoms with E-state index in [0.717, 1.165) is 0 Å². The second-order valence-electron chi connectivity index (χ2n) is 4.43. The van der Waals surface area contributed by atoms with Crippen molar-refractivity contribution >= 4 is 42.0 Å². The second kappa shape index (κ2) is 7.18. The molecule has 1 aromatic carbocycles. The molecule has 0 aliphatic rings. The van der Waals surface area contributed by atoms with E-state index in [0.29, 0.717) is 0 Å². The molecule has 6 N–H and O–H groups in total. The summed E-state index contributed by atoms with van der Waals surface area (Å²) in [4.78, 5) is 79.3. The van der Waals surface area contributed by atoms with E-state index in [2.05, 4.69) is 4.74 Å². The highest BCUT2D eigenvalue weighted by molar-refractivity contribution is 6.23. The minimum atomic E-state index is -2.36. The molecule has 0 aromatic heterocycles. The summed E-state index contributed by atoms with van der Waals surface area (Å²) >= 11 is 0. The predicted octanol–water partition coefficient (Wildman–Crippen LogP) is 0.0124. The lowest BCUT2D eigenvalue weighted by Crippen LogP contribution is -2.29. The van der Waals surface area contributed by atoms with Gasteiger partial charge in [0, 0.05) is 0 Å². The molecular weight excluding hydrogens is 380 g/mol. The van der Waals surface area contributed by atoms with Crippen LogP contribution in [-0.4, -0.2) is 72.6 Å². The standard InChI is InChI=1S/C13H6O14/c14-7(15)1-2(8(16)17)4(10(20)21)6(12(24)27-13(25)26)5(11(22)23)3(1)9(18)19/h(H,14,15)(H,16,17)(H,18,19)(H,20,21)(H,22,23)(H,25,26). The minimum absolute atomic E-state index is 1.74. The summed E-state index contributed by atoms with van der Waals surface area (Å²) in [6, 6.07) is 0. The van der Waals surface area contributed by atoms with E-state index < -0.39 is 75.4 Å². The van der Waals surface area contributed by atoms with Crippen molar-refractivity contribution in [2.24, 2.45) is 0 Å². The first-order valence-electron chi connectivity index (χ1n) is 6.18. The zero-order valence-corrected chi connectivity index (χ0v) is 12.4. The number of benzene rings is 1. The van der Waals surface area contributed by atoms with E-state index in [4.69, 9.17) is 30.6 Å². The zero-order chi connectivity index (χ0) is 21.2. The quantitative estimate of drug-likeness (QED) is 0.278. The van der Waals surface area contributed by atoms with Crippen LogP contribution in [0.2, 0.25) is 0 Å². The normalized spacial score (nSPS) is 9.93. The molecule has 0 bridgehead atoms. The van der Waals surface area contributed by atoms with Crippen LogP contribution in [0.4, 0.5) is 4.79 Å². The number of carboxylic acid groups (broad SMARTS) is 6. The van der Waals surface area contributed by atoms with Crippen molar-refractivity contribution in [1.29, 1.82) is 0 Å². The third-order valence-corrected chi connectivity index (χ3v) is 2.95. The van der Waals surface area contributed by atoms with Crippen molar-refractivity contribution in [2.75, 3.05) is 0 Å². The highest BCUT2D eigenvalue weighted by atomic mass is 16.7. The van der Waals surface area contributed by atoms with E-state index >= 15 is 0 Å². The average molecular weight is 386 g/mol. The molecule has 142 valence electrons. The van der Waals surface area contributed by atoms with Gasteiger partial charge in [-0.3, -0.25) is 0 Å². The summed E-state index contributed by atoms with van der Waals surface area (Å²) < 4.78 is 3.61. The third-order valence-electron chi connectivity index (χ3n) is 2.95. The van der Waals surface area contributed by atoms with Gasteiger partial charge in [-0.1, -0.05) is 0 Å². The first kappa shape index (κ1) is 20.6. The van der Waals surface area contributed by atoms with Gasteiger partial charge in [-0.05, 0) is 0 Å². The fraction of sp³-hybridized carbons (Fsp3) is 0. The van der Waals surface area contributed by atoms with Gasteiger partial charge in [-0.2, -0.15) is 0 Å². The van der Waals surface area contributed by atoms with Crippen LogP contribution in [0.5, 0.6) is 0 Å². The van der Waals surface area contributed by atoms with E-state index in [1.165, 1.54) is 0 Å². The molecule has 0 spiro atoms. The van der Waals surface area contributed by atoms with Crippen LogP contribution in [0, 0.1) is 0 Å². The topological polar surface area (TPSA) is 250 Å². The fourth-order valence-corrected chi connectivity index (χ4v) is 2.15. The summed E-state index contributed by atoms with van der Waals surface area (Å²) in [5.74, 6) is -14.0. The van der Waals surface area contributed by atoms with Crippen LogP contribution in [0.3, 0.4) is 0 Å². The van der Waals surface area contributed by atoms with Gasteiger partial charge in [-0.25, -0.2) is 33.6 Å². The minimum Gasteiger partial charge on any atom is -0.478 e. The van der Waals surface area contributed by atoms with Gasteiger partial charge in [0.15, 0.2) is 0 Å².